The molecule has 8 nitrogen and oxygen atoms in total. The van der Waals surface area contributed by atoms with Gasteiger partial charge in [0.1, 0.15) is 0 Å². The molecule has 8 heteroatoms. The maximum Gasteiger partial charge on any atom is 0.252 e. The number of benzene rings is 1. The minimum atomic E-state index is -0.0945. The van der Waals surface area contributed by atoms with Gasteiger partial charge in [-0.05, 0) is 68.6 Å². The molecule has 4 heterocycles. The summed E-state index contributed by atoms with van der Waals surface area (Å²) >= 11 is 0. The Morgan fingerprint density at radius 2 is 2.03 bits per heavy atom. The molecule has 3 aromatic heterocycles. The third kappa shape index (κ3) is 6.88. The van der Waals surface area contributed by atoms with Crippen LogP contribution in [0.4, 0.5) is 0 Å². The number of ether oxygens (including phenoxy) is 1. The Kier molecular flexibility index (Phi) is 8.96. The first kappa shape index (κ1) is 27.0. The maximum absolute atomic E-state index is 13.5. The number of fused-ring (bicyclic) bond motifs is 1. The van der Waals surface area contributed by atoms with Gasteiger partial charge >= 0.3 is 0 Å². The van der Waals surface area contributed by atoms with Crippen molar-refractivity contribution in [3.05, 3.63) is 77.7 Å². The molecule has 4 aromatic rings. The van der Waals surface area contributed by atoms with E-state index in [1.54, 1.807) is 12.4 Å². The first-order chi connectivity index (χ1) is 19.1. The fourth-order valence-corrected chi connectivity index (χ4v) is 5.07. The summed E-state index contributed by atoms with van der Waals surface area (Å²) in [5.74, 6) is 0.343. The Morgan fingerprint density at radius 3 is 2.82 bits per heavy atom. The molecule has 1 aliphatic heterocycles. The average Bonchev–Trinajstić information content (AvgIpc) is 3.38. The number of nitrogens with one attached hydrogen (secondary N) is 1. The van der Waals surface area contributed by atoms with Crippen LogP contribution >= 0.6 is 0 Å². The van der Waals surface area contributed by atoms with Gasteiger partial charge < -0.3 is 15.0 Å². The van der Waals surface area contributed by atoms with E-state index in [0.717, 1.165) is 61.5 Å². The maximum atomic E-state index is 13.5. The van der Waals surface area contributed by atoms with Crippen LogP contribution in [-0.4, -0.2) is 63.9 Å². The van der Waals surface area contributed by atoms with Crippen LogP contribution in [0.3, 0.4) is 0 Å². The van der Waals surface area contributed by atoms with Crippen molar-refractivity contribution >= 4 is 16.9 Å². The largest absolute Gasteiger partial charge is 0.381 e. The second-order valence-electron chi connectivity index (χ2n) is 10.5. The van der Waals surface area contributed by atoms with Crippen molar-refractivity contribution in [3.8, 4) is 11.3 Å². The van der Waals surface area contributed by atoms with Crippen molar-refractivity contribution in [2.75, 3.05) is 33.4 Å². The summed E-state index contributed by atoms with van der Waals surface area (Å²) in [5.41, 5.74) is 5.14. The zero-order valence-electron chi connectivity index (χ0n) is 23.0. The van der Waals surface area contributed by atoms with E-state index in [2.05, 4.69) is 58.5 Å². The molecule has 1 fully saturated rings. The van der Waals surface area contributed by atoms with E-state index < -0.39 is 0 Å². The lowest BCUT2D eigenvalue weighted by molar-refractivity contribution is 0.0643. The number of pyridine rings is 2. The molecule has 0 bridgehead atoms. The number of rotatable bonds is 11. The molecular formula is C31H38N6O2. The van der Waals surface area contributed by atoms with Crippen molar-refractivity contribution < 1.29 is 9.53 Å². The number of carbonyl (C=O) groups is 1. The lowest BCUT2D eigenvalue weighted by Gasteiger charge is -2.22. The number of hydrogen-bond acceptors (Lipinski definition) is 6. The van der Waals surface area contributed by atoms with E-state index >= 15 is 0 Å². The summed E-state index contributed by atoms with van der Waals surface area (Å²) in [6.07, 6.45) is 7.83. The third-order valence-corrected chi connectivity index (χ3v) is 7.35. The van der Waals surface area contributed by atoms with Crippen molar-refractivity contribution in [2.24, 2.45) is 5.92 Å². The van der Waals surface area contributed by atoms with Gasteiger partial charge in [0.05, 0.1) is 35.1 Å². The van der Waals surface area contributed by atoms with Crippen LogP contribution < -0.4 is 5.32 Å². The van der Waals surface area contributed by atoms with Crippen molar-refractivity contribution in [1.82, 2.24) is 30.0 Å². The molecule has 39 heavy (non-hydrogen) atoms. The van der Waals surface area contributed by atoms with Crippen LogP contribution in [-0.2, 0) is 17.8 Å². The third-order valence-electron chi connectivity index (χ3n) is 7.35. The normalized spacial score (nSPS) is 14.2. The average molecular weight is 527 g/mol. The Labute approximate surface area is 230 Å². The number of nitrogens with zero attached hydrogens (tertiary/aromatic N) is 5. The van der Waals surface area contributed by atoms with Crippen LogP contribution in [0, 0.1) is 5.92 Å². The minimum Gasteiger partial charge on any atom is -0.381 e. The predicted molar refractivity (Wildman–Crippen MR) is 153 cm³/mol. The lowest BCUT2D eigenvalue weighted by Crippen LogP contribution is -2.32. The summed E-state index contributed by atoms with van der Waals surface area (Å²) < 4.78 is 7.31. The molecule has 0 aliphatic carbocycles. The summed E-state index contributed by atoms with van der Waals surface area (Å²) in [6.45, 7) is 6.78. The highest BCUT2D eigenvalue weighted by Crippen LogP contribution is 2.27. The highest BCUT2D eigenvalue weighted by molar-refractivity contribution is 6.06. The number of hydrogen-bond donors (Lipinski definition) is 1. The first-order valence-corrected chi connectivity index (χ1v) is 14.0. The Balaban J connectivity index is 1.48. The van der Waals surface area contributed by atoms with E-state index in [-0.39, 0.29) is 5.91 Å². The van der Waals surface area contributed by atoms with Crippen LogP contribution in [0.15, 0.2) is 60.9 Å². The molecule has 1 saturated heterocycles. The number of carbonyl (C=O) groups excluding carboxylic acids is 1. The van der Waals surface area contributed by atoms with Gasteiger partial charge in [0.2, 0.25) is 0 Å². The molecule has 204 valence electrons. The lowest BCUT2D eigenvalue weighted by atomic mass is 10.00. The van der Waals surface area contributed by atoms with Gasteiger partial charge in [-0.25, -0.2) is 9.67 Å². The second-order valence-corrected chi connectivity index (χ2v) is 10.5. The molecule has 1 aromatic carbocycles. The Hall–Kier alpha value is -3.62. The van der Waals surface area contributed by atoms with Crippen LogP contribution in [0.5, 0.6) is 0 Å². The van der Waals surface area contributed by atoms with E-state index in [4.69, 9.17) is 9.72 Å². The van der Waals surface area contributed by atoms with E-state index in [1.165, 1.54) is 18.4 Å². The van der Waals surface area contributed by atoms with Gasteiger partial charge in [0.25, 0.3) is 5.91 Å². The zero-order chi connectivity index (χ0) is 27.0. The van der Waals surface area contributed by atoms with Crippen molar-refractivity contribution in [3.63, 3.8) is 0 Å². The number of aromatic nitrogens is 4. The van der Waals surface area contributed by atoms with Gasteiger partial charge in [0.15, 0.2) is 5.65 Å². The predicted octanol–water partition coefficient (Wildman–Crippen LogP) is 4.93. The highest BCUT2D eigenvalue weighted by atomic mass is 16.5. The molecule has 0 spiro atoms. The zero-order valence-corrected chi connectivity index (χ0v) is 23.0. The summed E-state index contributed by atoms with van der Waals surface area (Å²) in [5, 5.41) is 8.54. The standard InChI is InChI=1S/C31H38N6O2/c1-3-4-14-36(2)21-24-8-7-9-25(17-24)29-18-27(31(38)33-19-23-11-15-39-16-12-23)28-20-34-37(30(28)35-29)22-26-10-5-6-13-32-26/h5-10,13,17-18,20,23H,3-4,11-12,14-16,19,21-22H2,1-2H3,(H,33,38). The topological polar surface area (TPSA) is 85.2 Å². The second kappa shape index (κ2) is 13.0. The Bertz CT molecular complexity index is 1380. The van der Waals surface area contributed by atoms with Crippen molar-refractivity contribution in [1.29, 1.82) is 0 Å². The van der Waals surface area contributed by atoms with E-state index in [9.17, 15) is 4.79 Å². The molecule has 0 radical (unpaired) electrons. The molecule has 0 saturated carbocycles. The summed E-state index contributed by atoms with van der Waals surface area (Å²) in [4.78, 5) is 25.4. The number of amides is 1. The summed E-state index contributed by atoms with van der Waals surface area (Å²) in [6, 6.07) is 16.2. The fraction of sp³-hybridized carbons (Fsp3) is 0.419. The van der Waals surface area contributed by atoms with Gasteiger partial charge in [-0.2, -0.15) is 5.10 Å². The van der Waals surface area contributed by atoms with Crippen LogP contribution in [0.1, 0.15) is 54.2 Å². The molecule has 5 rings (SSSR count). The fourth-order valence-electron chi connectivity index (χ4n) is 5.07. The van der Waals surface area contributed by atoms with E-state index in [0.29, 0.717) is 30.2 Å². The monoisotopic (exact) mass is 526 g/mol. The van der Waals surface area contributed by atoms with Crippen LogP contribution in [0.2, 0.25) is 0 Å². The van der Waals surface area contributed by atoms with Gasteiger partial charge in [-0.3, -0.25) is 9.78 Å². The van der Waals surface area contributed by atoms with Gasteiger partial charge in [-0.15, -0.1) is 0 Å². The molecular weight excluding hydrogens is 488 g/mol. The van der Waals surface area contributed by atoms with Crippen LogP contribution in [0.25, 0.3) is 22.3 Å². The van der Waals surface area contributed by atoms with Crippen molar-refractivity contribution in [2.45, 2.75) is 45.7 Å². The molecule has 1 aliphatic rings. The first-order valence-electron chi connectivity index (χ1n) is 14.0. The van der Waals surface area contributed by atoms with Gasteiger partial charge in [0, 0.05) is 38.1 Å². The Morgan fingerprint density at radius 1 is 1.15 bits per heavy atom. The number of unbranched alkanes of at least 4 members (excludes halogenated alkanes) is 1. The molecule has 0 unspecified atom stereocenters. The highest BCUT2D eigenvalue weighted by Gasteiger charge is 2.20. The smallest absolute Gasteiger partial charge is 0.252 e. The minimum absolute atomic E-state index is 0.0945. The van der Waals surface area contributed by atoms with E-state index in [1.807, 2.05) is 28.9 Å². The van der Waals surface area contributed by atoms with Gasteiger partial charge in [-0.1, -0.05) is 37.6 Å². The summed E-state index contributed by atoms with van der Waals surface area (Å²) in [7, 11) is 2.16. The SMILES string of the molecule is CCCCN(C)Cc1cccc(-c2cc(C(=O)NCC3CCOCC3)c3cnn(Cc4ccccn4)c3n2)c1. The quantitative estimate of drug-likeness (QED) is 0.298. The molecule has 0 atom stereocenters. The molecule has 1 N–H and O–H groups in total. The molecule has 1 amide bonds.